The molecule has 2 N–H and O–H groups in total. The van der Waals surface area contributed by atoms with Gasteiger partial charge in [-0.05, 0) is 52.5 Å². The molecule has 1 fully saturated rings. The van der Waals surface area contributed by atoms with Crippen molar-refractivity contribution in [3.63, 3.8) is 0 Å². The van der Waals surface area contributed by atoms with Gasteiger partial charge in [0.1, 0.15) is 11.5 Å². The molecule has 0 spiro atoms. The molecular weight excluding hydrogens is 390 g/mol. The Morgan fingerprint density at radius 2 is 1.84 bits per heavy atom. The Morgan fingerprint density at radius 3 is 2.39 bits per heavy atom. The lowest BCUT2D eigenvalue weighted by Gasteiger charge is -2.24. The number of hydrogen-bond donors (Lipinski definition) is 2. The van der Waals surface area contributed by atoms with E-state index in [1.807, 2.05) is 19.9 Å². The number of rotatable bonds is 6. The molecule has 0 unspecified atom stereocenters. The Hall–Kier alpha value is -2.08. The van der Waals surface area contributed by atoms with Gasteiger partial charge >= 0.3 is 0 Å². The fraction of sp³-hybridized carbons (Fsp3) is 0.680. The van der Waals surface area contributed by atoms with Crippen molar-refractivity contribution in [2.24, 2.45) is 5.92 Å². The normalized spacial score (nSPS) is 16.0. The van der Waals surface area contributed by atoms with Crippen LogP contribution in [-0.2, 0) is 12.0 Å². The monoisotopic (exact) mass is 429 g/mol. The molecule has 1 aliphatic carbocycles. The van der Waals surface area contributed by atoms with Gasteiger partial charge in [0.25, 0.3) is 5.91 Å². The minimum Gasteiger partial charge on any atom is -0.445 e. The fourth-order valence-corrected chi connectivity index (χ4v) is 4.28. The van der Waals surface area contributed by atoms with E-state index < -0.39 is 5.60 Å². The number of oxazole rings is 1. The summed E-state index contributed by atoms with van der Waals surface area (Å²) in [5.74, 6) is 1.92. The number of aromatic nitrogens is 2. The van der Waals surface area contributed by atoms with Crippen LogP contribution in [0.2, 0.25) is 0 Å². The van der Waals surface area contributed by atoms with Crippen LogP contribution >= 0.6 is 0 Å². The zero-order valence-electron chi connectivity index (χ0n) is 20.3. The highest BCUT2D eigenvalue weighted by atomic mass is 16.4. The average Bonchev–Trinajstić information content (AvgIpc) is 3.21. The molecule has 1 saturated carbocycles. The minimum atomic E-state index is -0.957. The Kier molecular flexibility index (Phi) is 6.70. The first kappa shape index (κ1) is 23.6. The van der Waals surface area contributed by atoms with Crippen molar-refractivity contribution in [1.82, 2.24) is 14.9 Å². The standard InChI is InChI=1S/C25H39N3O3/c1-16-19(22(29)26-15-25(6,7)30)13-20(28(16)14-18-11-9-8-10-12-18)21-17(2)31-23(27-21)24(3,4)5/h13,18,30H,8-12,14-15H2,1-7H3,(H,26,29). The summed E-state index contributed by atoms with van der Waals surface area (Å²) in [7, 11) is 0. The van der Waals surface area contributed by atoms with E-state index in [1.165, 1.54) is 32.1 Å². The molecule has 0 bridgehead atoms. The third kappa shape index (κ3) is 5.59. The van der Waals surface area contributed by atoms with E-state index in [2.05, 4.69) is 30.7 Å². The Balaban J connectivity index is 2.02. The van der Waals surface area contributed by atoms with Crippen molar-refractivity contribution in [3.05, 3.63) is 29.0 Å². The molecule has 0 atom stereocenters. The van der Waals surface area contributed by atoms with Gasteiger partial charge in [0.15, 0.2) is 5.89 Å². The van der Waals surface area contributed by atoms with Crippen LogP contribution in [0.4, 0.5) is 0 Å². The number of aryl methyl sites for hydroxylation is 1. The maximum Gasteiger partial charge on any atom is 0.253 e. The molecular formula is C25H39N3O3. The highest BCUT2D eigenvalue weighted by molar-refractivity contribution is 5.97. The van der Waals surface area contributed by atoms with Gasteiger partial charge in [-0.1, -0.05) is 40.0 Å². The van der Waals surface area contributed by atoms with Gasteiger partial charge in [-0.15, -0.1) is 0 Å². The topological polar surface area (TPSA) is 80.3 Å². The summed E-state index contributed by atoms with van der Waals surface area (Å²) in [6.45, 7) is 14.7. The number of carbonyl (C=O) groups is 1. The van der Waals surface area contributed by atoms with Crippen molar-refractivity contribution >= 4 is 5.91 Å². The number of nitrogens with zero attached hydrogens (tertiary/aromatic N) is 2. The Bertz CT molecular complexity index is 919. The van der Waals surface area contributed by atoms with E-state index in [1.54, 1.807) is 13.8 Å². The largest absolute Gasteiger partial charge is 0.445 e. The van der Waals surface area contributed by atoms with Gasteiger partial charge in [-0.25, -0.2) is 4.98 Å². The number of carbonyl (C=O) groups excluding carboxylic acids is 1. The first-order valence-corrected chi connectivity index (χ1v) is 11.6. The predicted octanol–water partition coefficient (Wildman–Crippen LogP) is 5.14. The van der Waals surface area contributed by atoms with Crippen molar-refractivity contribution in [2.75, 3.05) is 6.54 Å². The Labute approximate surface area is 186 Å². The molecule has 6 heteroatoms. The molecule has 0 saturated heterocycles. The van der Waals surface area contributed by atoms with Crippen LogP contribution in [0.5, 0.6) is 0 Å². The molecule has 2 heterocycles. The SMILES string of the molecule is Cc1oc(C(C)(C)C)nc1-c1cc(C(=O)NCC(C)(C)O)c(C)n1CC1CCCCC1. The molecule has 2 aromatic heterocycles. The summed E-state index contributed by atoms with van der Waals surface area (Å²) < 4.78 is 8.28. The van der Waals surface area contributed by atoms with Gasteiger partial charge < -0.3 is 19.4 Å². The highest BCUT2D eigenvalue weighted by Crippen LogP contribution is 2.34. The van der Waals surface area contributed by atoms with E-state index in [0.717, 1.165) is 29.4 Å². The fourth-order valence-electron chi connectivity index (χ4n) is 4.28. The summed E-state index contributed by atoms with van der Waals surface area (Å²) in [4.78, 5) is 17.8. The number of nitrogens with one attached hydrogen (secondary N) is 1. The second-order valence-corrected chi connectivity index (χ2v) is 10.8. The number of hydrogen-bond acceptors (Lipinski definition) is 4. The summed E-state index contributed by atoms with van der Waals surface area (Å²) in [6.07, 6.45) is 6.31. The zero-order valence-corrected chi connectivity index (χ0v) is 20.3. The summed E-state index contributed by atoms with van der Waals surface area (Å²) in [5, 5.41) is 12.9. The molecule has 0 aromatic carbocycles. The first-order chi connectivity index (χ1) is 14.4. The highest BCUT2D eigenvalue weighted by Gasteiger charge is 2.28. The van der Waals surface area contributed by atoms with Crippen LogP contribution < -0.4 is 5.32 Å². The van der Waals surface area contributed by atoms with Crippen molar-refractivity contribution < 1.29 is 14.3 Å². The van der Waals surface area contributed by atoms with Crippen LogP contribution in [-0.4, -0.2) is 32.7 Å². The second-order valence-electron chi connectivity index (χ2n) is 10.8. The molecule has 31 heavy (non-hydrogen) atoms. The third-order valence-electron chi connectivity index (χ3n) is 6.14. The molecule has 1 aliphatic rings. The predicted molar refractivity (Wildman–Crippen MR) is 123 cm³/mol. The van der Waals surface area contributed by atoms with E-state index in [-0.39, 0.29) is 17.9 Å². The molecule has 0 aliphatic heterocycles. The quantitative estimate of drug-likeness (QED) is 0.666. The first-order valence-electron chi connectivity index (χ1n) is 11.6. The van der Waals surface area contributed by atoms with Crippen molar-refractivity contribution in [2.45, 2.75) is 98.1 Å². The average molecular weight is 430 g/mol. The molecule has 6 nitrogen and oxygen atoms in total. The van der Waals surface area contributed by atoms with Crippen LogP contribution in [0, 0.1) is 19.8 Å². The maximum atomic E-state index is 13.0. The van der Waals surface area contributed by atoms with Crippen LogP contribution in [0.1, 0.15) is 94.4 Å². The molecule has 1 amide bonds. The van der Waals surface area contributed by atoms with Crippen molar-refractivity contribution in [3.8, 4) is 11.4 Å². The van der Waals surface area contributed by atoms with Crippen LogP contribution in [0.3, 0.4) is 0 Å². The van der Waals surface area contributed by atoms with E-state index in [0.29, 0.717) is 17.4 Å². The van der Waals surface area contributed by atoms with E-state index in [4.69, 9.17) is 9.40 Å². The molecule has 0 radical (unpaired) electrons. The summed E-state index contributed by atoms with van der Waals surface area (Å²) in [6, 6.07) is 1.94. The van der Waals surface area contributed by atoms with E-state index >= 15 is 0 Å². The molecule has 172 valence electrons. The maximum absolute atomic E-state index is 13.0. The van der Waals surface area contributed by atoms with Crippen LogP contribution in [0.15, 0.2) is 10.5 Å². The summed E-state index contributed by atoms with van der Waals surface area (Å²) in [5.41, 5.74) is 2.18. The lowest BCUT2D eigenvalue weighted by Crippen LogP contribution is -2.38. The van der Waals surface area contributed by atoms with Gasteiger partial charge in [0.2, 0.25) is 0 Å². The van der Waals surface area contributed by atoms with Gasteiger partial charge in [0, 0.05) is 24.2 Å². The third-order valence-corrected chi connectivity index (χ3v) is 6.14. The van der Waals surface area contributed by atoms with E-state index in [9.17, 15) is 9.90 Å². The molecule has 2 aromatic rings. The van der Waals surface area contributed by atoms with Gasteiger partial charge in [-0.3, -0.25) is 4.79 Å². The lowest BCUT2D eigenvalue weighted by atomic mass is 9.89. The van der Waals surface area contributed by atoms with Crippen LogP contribution in [0.25, 0.3) is 11.4 Å². The van der Waals surface area contributed by atoms with Gasteiger partial charge in [-0.2, -0.15) is 0 Å². The smallest absolute Gasteiger partial charge is 0.253 e. The zero-order chi connectivity index (χ0) is 23.0. The minimum absolute atomic E-state index is 0.166. The lowest BCUT2D eigenvalue weighted by molar-refractivity contribution is 0.0694. The second kappa shape index (κ2) is 8.81. The van der Waals surface area contributed by atoms with Gasteiger partial charge in [0.05, 0.1) is 16.9 Å². The summed E-state index contributed by atoms with van der Waals surface area (Å²) >= 11 is 0. The number of aliphatic hydroxyl groups is 1. The van der Waals surface area contributed by atoms with Crippen molar-refractivity contribution in [1.29, 1.82) is 0 Å². The molecule has 3 rings (SSSR count). The number of amides is 1. The Morgan fingerprint density at radius 1 is 1.19 bits per heavy atom.